The van der Waals surface area contributed by atoms with Gasteiger partial charge in [0.05, 0.1) is 11.8 Å². The molecule has 0 aliphatic carbocycles. The summed E-state index contributed by atoms with van der Waals surface area (Å²) in [5.74, 6) is 0.338. The Morgan fingerprint density at radius 3 is 2.87 bits per heavy atom. The molecule has 4 heterocycles. The number of hydrogen-bond donors (Lipinski definition) is 1. The third-order valence-electron chi connectivity index (χ3n) is 4.24. The lowest BCUT2D eigenvalue weighted by Gasteiger charge is -2.40. The van der Waals surface area contributed by atoms with Gasteiger partial charge < -0.3 is 10.2 Å². The van der Waals surface area contributed by atoms with E-state index in [1.165, 1.54) is 21.0 Å². The largest absolute Gasteiger partial charge is 0.353 e. The van der Waals surface area contributed by atoms with Crippen LogP contribution in [-0.2, 0) is 0 Å². The summed E-state index contributed by atoms with van der Waals surface area (Å²) in [5, 5.41) is 8.26. The fourth-order valence-electron chi connectivity index (χ4n) is 3.29. The number of fused-ring (bicyclic) bond motifs is 1. The highest BCUT2D eigenvalue weighted by molar-refractivity contribution is 7.80. The maximum atomic E-state index is 5.42. The molecule has 0 spiro atoms. The van der Waals surface area contributed by atoms with Crippen molar-refractivity contribution in [2.75, 3.05) is 20.1 Å². The van der Waals surface area contributed by atoms with Crippen molar-refractivity contribution in [3.05, 3.63) is 50.4 Å². The van der Waals surface area contributed by atoms with E-state index in [2.05, 4.69) is 58.4 Å². The normalized spacial score (nSPS) is 26.7. The smallest absolute Gasteiger partial charge is 0.193 e. The number of rotatable bonds is 2. The number of aliphatic imine (C=N–C) groups is 1. The number of likely N-dealkylation sites (N-methyl/N-ethyl adjacent to an activating group) is 1. The summed E-state index contributed by atoms with van der Waals surface area (Å²) >= 11 is 8.97. The van der Waals surface area contributed by atoms with Gasteiger partial charge >= 0.3 is 0 Å². The van der Waals surface area contributed by atoms with Crippen LogP contribution in [0.4, 0.5) is 0 Å². The summed E-state index contributed by atoms with van der Waals surface area (Å²) in [6, 6.07) is 8.75. The second-order valence-electron chi connectivity index (χ2n) is 5.93. The molecule has 2 unspecified atom stereocenters. The van der Waals surface area contributed by atoms with Crippen LogP contribution in [0.15, 0.2) is 45.6 Å². The zero-order valence-electron chi connectivity index (χ0n) is 12.7. The third kappa shape index (κ3) is 3.04. The molecule has 2 aromatic rings. The topological polar surface area (TPSA) is 27.6 Å². The summed E-state index contributed by atoms with van der Waals surface area (Å²) in [6.07, 6.45) is 2.27. The van der Waals surface area contributed by atoms with Crippen molar-refractivity contribution in [2.45, 2.75) is 6.04 Å². The van der Waals surface area contributed by atoms with Crippen LogP contribution < -0.4 is 5.32 Å². The molecule has 0 bridgehead atoms. The molecule has 1 saturated heterocycles. The van der Waals surface area contributed by atoms with Crippen molar-refractivity contribution >= 4 is 51.8 Å². The second kappa shape index (κ2) is 6.28. The molecule has 2 aliphatic rings. The number of nitrogens with one attached hydrogen (secondary N) is 1. The Bertz CT molecular complexity index is 759. The zero-order chi connectivity index (χ0) is 15.8. The molecule has 4 rings (SSSR count). The molecule has 3 nitrogen and oxygen atoms in total. The first-order valence-electron chi connectivity index (χ1n) is 7.56. The summed E-state index contributed by atoms with van der Waals surface area (Å²) in [6.45, 7) is 1.92. The number of hydrogen-bond acceptors (Lipinski definition) is 4. The van der Waals surface area contributed by atoms with Crippen LogP contribution in [0.25, 0.3) is 6.08 Å². The predicted octanol–water partition coefficient (Wildman–Crippen LogP) is 3.83. The van der Waals surface area contributed by atoms with Gasteiger partial charge in [0.2, 0.25) is 0 Å². The highest BCUT2D eigenvalue weighted by atomic mass is 32.1. The van der Waals surface area contributed by atoms with Crippen LogP contribution in [0, 0.1) is 5.92 Å². The average Bonchev–Trinajstić information content (AvgIpc) is 3.20. The Balaban J connectivity index is 1.75. The standard InChI is InChI=1S/C17H17N3S3/c1-20-9-11(8-12-4-2-6-22-12)15-13(10-20)16(19-17(21)18-15)14-5-3-7-23-14/h2-8,13,16H,9-10H2,1H3,(H,19,21)/b11-8+. The van der Waals surface area contributed by atoms with Gasteiger partial charge in [0.15, 0.2) is 5.11 Å². The first-order valence-corrected chi connectivity index (χ1v) is 9.73. The maximum absolute atomic E-state index is 5.42. The minimum absolute atomic E-state index is 0.226. The van der Waals surface area contributed by atoms with E-state index in [1.54, 1.807) is 22.7 Å². The van der Waals surface area contributed by atoms with Crippen LogP contribution in [0.2, 0.25) is 0 Å². The number of nitrogens with zero attached hydrogens (tertiary/aromatic N) is 2. The number of thiophene rings is 2. The molecule has 2 aliphatic heterocycles. The lowest BCUT2D eigenvalue weighted by Crippen LogP contribution is -2.50. The second-order valence-corrected chi connectivity index (χ2v) is 8.27. The lowest BCUT2D eigenvalue weighted by atomic mass is 9.83. The first kappa shape index (κ1) is 15.2. The zero-order valence-corrected chi connectivity index (χ0v) is 15.2. The van der Waals surface area contributed by atoms with E-state index in [0.717, 1.165) is 13.1 Å². The number of piperidine rings is 1. The molecule has 0 saturated carbocycles. The Kier molecular flexibility index (Phi) is 4.15. The molecule has 23 heavy (non-hydrogen) atoms. The SMILES string of the molecule is CN1C/C(=C\c2cccs2)C2=NC(=S)NC(c3cccs3)C2C1. The van der Waals surface area contributed by atoms with Crippen LogP contribution in [0.3, 0.4) is 0 Å². The molecular weight excluding hydrogens is 342 g/mol. The highest BCUT2D eigenvalue weighted by Gasteiger charge is 2.38. The van der Waals surface area contributed by atoms with Gasteiger partial charge in [-0.25, -0.2) is 4.99 Å². The van der Waals surface area contributed by atoms with Crippen LogP contribution in [0.1, 0.15) is 15.8 Å². The molecule has 1 fully saturated rings. The van der Waals surface area contributed by atoms with E-state index in [9.17, 15) is 0 Å². The molecule has 1 N–H and O–H groups in total. The van der Waals surface area contributed by atoms with Crippen molar-refractivity contribution in [1.82, 2.24) is 10.2 Å². The van der Waals surface area contributed by atoms with Gasteiger partial charge in [-0.3, -0.25) is 0 Å². The molecule has 0 aromatic carbocycles. The van der Waals surface area contributed by atoms with Crippen LogP contribution in [0.5, 0.6) is 0 Å². The third-order valence-corrected chi connectivity index (χ3v) is 6.23. The number of likely N-dealkylation sites (tertiary alicyclic amines) is 1. The first-order chi connectivity index (χ1) is 11.2. The van der Waals surface area contributed by atoms with Crippen molar-refractivity contribution in [3.63, 3.8) is 0 Å². The molecule has 0 amide bonds. The van der Waals surface area contributed by atoms with E-state index in [4.69, 9.17) is 17.2 Å². The fourth-order valence-corrected chi connectivity index (χ4v) is 5.04. The summed E-state index contributed by atoms with van der Waals surface area (Å²) < 4.78 is 0. The quantitative estimate of drug-likeness (QED) is 0.826. The monoisotopic (exact) mass is 359 g/mol. The molecule has 118 valence electrons. The van der Waals surface area contributed by atoms with Crippen molar-refractivity contribution in [2.24, 2.45) is 10.9 Å². The van der Waals surface area contributed by atoms with Gasteiger partial charge in [-0.05, 0) is 53.8 Å². The minimum atomic E-state index is 0.226. The van der Waals surface area contributed by atoms with Gasteiger partial charge in [-0.2, -0.15) is 0 Å². The van der Waals surface area contributed by atoms with Gasteiger partial charge in [0.1, 0.15) is 0 Å². The van der Waals surface area contributed by atoms with Crippen molar-refractivity contribution < 1.29 is 0 Å². The predicted molar refractivity (Wildman–Crippen MR) is 104 cm³/mol. The van der Waals surface area contributed by atoms with E-state index >= 15 is 0 Å². The van der Waals surface area contributed by atoms with Crippen molar-refractivity contribution in [3.8, 4) is 0 Å². The molecule has 0 radical (unpaired) electrons. The van der Waals surface area contributed by atoms with Gasteiger partial charge in [0.25, 0.3) is 0 Å². The Labute approximate surface area is 149 Å². The maximum Gasteiger partial charge on any atom is 0.193 e. The summed E-state index contributed by atoms with van der Waals surface area (Å²) in [5.41, 5.74) is 2.45. The lowest BCUT2D eigenvalue weighted by molar-refractivity contribution is 0.288. The van der Waals surface area contributed by atoms with Gasteiger partial charge in [-0.1, -0.05) is 12.1 Å². The van der Waals surface area contributed by atoms with Crippen LogP contribution in [-0.4, -0.2) is 35.9 Å². The van der Waals surface area contributed by atoms with E-state index in [-0.39, 0.29) is 6.04 Å². The Morgan fingerprint density at radius 2 is 2.13 bits per heavy atom. The van der Waals surface area contributed by atoms with Gasteiger partial charge in [-0.15, -0.1) is 22.7 Å². The fraction of sp³-hybridized carbons (Fsp3) is 0.294. The van der Waals surface area contributed by atoms with E-state index < -0.39 is 0 Å². The Hall–Kier alpha value is -1.34. The summed E-state index contributed by atoms with van der Waals surface area (Å²) in [7, 11) is 2.18. The molecule has 6 heteroatoms. The average molecular weight is 360 g/mol. The van der Waals surface area contributed by atoms with E-state index in [0.29, 0.717) is 11.0 Å². The highest BCUT2D eigenvalue weighted by Crippen LogP contribution is 2.35. The van der Waals surface area contributed by atoms with E-state index in [1.807, 2.05) is 0 Å². The minimum Gasteiger partial charge on any atom is -0.353 e. The Morgan fingerprint density at radius 1 is 1.30 bits per heavy atom. The van der Waals surface area contributed by atoms with Gasteiger partial charge in [0, 0.05) is 28.8 Å². The van der Waals surface area contributed by atoms with Crippen molar-refractivity contribution in [1.29, 1.82) is 0 Å². The molecular formula is C17H17N3S3. The molecule has 2 atom stereocenters. The molecule has 2 aromatic heterocycles. The summed E-state index contributed by atoms with van der Waals surface area (Å²) in [4.78, 5) is 9.69. The number of thiocarbonyl (C=S) groups is 1. The van der Waals surface area contributed by atoms with Crippen LogP contribution >= 0.6 is 34.9 Å².